The quantitative estimate of drug-likeness (QED) is 0.775. The minimum atomic E-state index is -0.194. The number of aromatic nitrogens is 1. The largest absolute Gasteiger partial charge is 0.493 e. The van der Waals surface area contributed by atoms with Gasteiger partial charge in [0.05, 0.1) is 18.0 Å². The van der Waals surface area contributed by atoms with Crippen molar-refractivity contribution in [3.05, 3.63) is 65.7 Å². The van der Waals surface area contributed by atoms with E-state index in [9.17, 15) is 4.79 Å². The Kier molecular flexibility index (Phi) is 4.01. The van der Waals surface area contributed by atoms with E-state index in [1.807, 2.05) is 54.6 Å². The monoisotopic (exact) mass is 336 g/mol. The molecule has 0 fully saturated rings. The Morgan fingerprint density at radius 3 is 2.79 bits per heavy atom. The van der Waals surface area contributed by atoms with Crippen LogP contribution in [0.4, 0.5) is 5.00 Å². The first-order valence-corrected chi connectivity index (χ1v) is 8.72. The lowest BCUT2D eigenvalue weighted by Gasteiger charge is -2.24. The third-order valence-electron chi connectivity index (χ3n) is 4.13. The summed E-state index contributed by atoms with van der Waals surface area (Å²) >= 11 is 1.44. The van der Waals surface area contributed by atoms with Crippen LogP contribution in [0.3, 0.4) is 0 Å². The SMILES string of the molecule is O=C(Nc1scnc1-c1ccccc1)[C@H]1CCOc2ccccc21. The third kappa shape index (κ3) is 2.78. The first-order valence-electron chi connectivity index (χ1n) is 7.84. The van der Waals surface area contributed by atoms with Crippen LogP contribution in [0.25, 0.3) is 11.3 Å². The second kappa shape index (κ2) is 6.45. The van der Waals surface area contributed by atoms with Crippen LogP contribution >= 0.6 is 11.3 Å². The number of hydrogen-bond acceptors (Lipinski definition) is 4. The van der Waals surface area contributed by atoms with Crippen molar-refractivity contribution in [2.75, 3.05) is 11.9 Å². The normalized spacial score (nSPS) is 16.1. The third-order valence-corrected chi connectivity index (χ3v) is 4.87. The Morgan fingerprint density at radius 2 is 1.92 bits per heavy atom. The highest BCUT2D eigenvalue weighted by atomic mass is 32.1. The lowest BCUT2D eigenvalue weighted by molar-refractivity contribution is -0.118. The van der Waals surface area contributed by atoms with E-state index >= 15 is 0 Å². The predicted molar refractivity (Wildman–Crippen MR) is 95.5 cm³/mol. The van der Waals surface area contributed by atoms with Gasteiger partial charge in [0.2, 0.25) is 5.91 Å². The molecule has 0 spiro atoms. The molecule has 1 aromatic heterocycles. The van der Waals surface area contributed by atoms with Gasteiger partial charge in [-0.2, -0.15) is 0 Å². The Bertz CT molecular complexity index is 861. The Labute approximate surface area is 144 Å². The Morgan fingerprint density at radius 1 is 1.12 bits per heavy atom. The first kappa shape index (κ1) is 14.9. The predicted octanol–water partition coefficient (Wildman–Crippen LogP) is 4.31. The second-order valence-electron chi connectivity index (χ2n) is 5.61. The molecule has 1 N–H and O–H groups in total. The van der Waals surface area contributed by atoms with Crippen LogP contribution in [-0.2, 0) is 4.79 Å². The summed E-state index contributed by atoms with van der Waals surface area (Å²) in [4.78, 5) is 17.2. The van der Waals surface area contributed by atoms with E-state index in [2.05, 4.69) is 10.3 Å². The maximum absolute atomic E-state index is 12.8. The van der Waals surface area contributed by atoms with Crippen LogP contribution < -0.4 is 10.1 Å². The van der Waals surface area contributed by atoms with Crippen molar-refractivity contribution in [2.24, 2.45) is 0 Å². The molecule has 1 amide bonds. The number of rotatable bonds is 3. The zero-order valence-corrected chi connectivity index (χ0v) is 13.8. The van der Waals surface area contributed by atoms with E-state index in [1.54, 1.807) is 5.51 Å². The molecule has 2 aromatic carbocycles. The van der Waals surface area contributed by atoms with E-state index in [-0.39, 0.29) is 11.8 Å². The number of ether oxygens (including phenoxy) is 1. The molecule has 3 aromatic rings. The molecular formula is C19H16N2O2S. The van der Waals surface area contributed by atoms with Gasteiger partial charge in [-0.1, -0.05) is 48.5 Å². The molecule has 24 heavy (non-hydrogen) atoms. The number of amides is 1. The number of anilines is 1. The molecule has 4 nitrogen and oxygen atoms in total. The molecule has 0 radical (unpaired) electrons. The molecule has 5 heteroatoms. The minimum Gasteiger partial charge on any atom is -0.493 e. The summed E-state index contributed by atoms with van der Waals surface area (Å²) in [7, 11) is 0. The fourth-order valence-electron chi connectivity index (χ4n) is 2.95. The maximum atomic E-state index is 12.8. The summed E-state index contributed by atoms with van der Waals surface area (Å²) in [6.07, 6.45) is 0.683. The molecular weight excluding hydrogens is 320 g/mol. The molecule has 0 aliphatic carbocycles. The van der Waals surface area contributed by atoms with Crippen LogP contribution in [0.15, 0.2) is 60.1 Å². The molecule has 120 valence electrons. The van der Waals surface area contributed by atoms with Crippen LogP contribution in [0, 0.1) is 0 Å². The van der Waals surface area contributed by atoms with Gasteiger partial charge in [0, 0.05) is 11.1 Å². The molecule has 1 aliphatic heterocycles. The summed E-state index contributed by atoms with van der Waals surface area (Å²) < 4.78 is 5.64. The lowest BCUT2D eigenvalue weighted by atomic mass is 9.92. The number of para-hydroxylation sites is 1. The van der Waals surface area contributed by atoms with Gasteiger partial charge in [-0.15, -0.1) is 11.3 Å². The van der Waals surface area contributed by atoms with Gasteiger partial charge in [0.25, 0.3) is 0 Å². The first-order chi connectivity index (χ1) is 11.8. The summed E-state index contributed by atoms with van der Waals surface area (Å²) in [6.45, 7) is 0.559. The summed E-state index contributed by atoms with van der Waals surface area (Å²) in [5, 5.41) is 3.85. The van der Waals surface area contributed by atoms with Crippen molar-refractivity contribution in [1.82, 2.24) is 4.98 Å². The number of carbonyl (C=O) groups is 1. The minimum absolute atomic E-state index is 0.00724. The molecule has 2 heterocycles. The molecule has 0 saturated carbocycles. The molecule has 1 aliphatic rings. The number of benzene rings is 2. The molecule has 0 bridgehead atoms. The van der Waals surface area contributed by atoms with E-state index in [1.165, 1.54) is 11.3 Å². The number of hydrogen-bond donors (Lipinski definition) is 1. The topological polar surface area (TPSA) is 51.2 Å². The van der Waals surface area contributed by atoms with Crippen molar-refractivity contribution >= 4 is 22.2 Å². The van der Waals surface area contributed by atoms with Gasteiger partial charge < -0.3 is 10.1 Å². The zero-order chi connectivity index (χ0) is 16.4. The second-order valence-corrected chi connectivity index (χ2v) is 6.47. The van der Waals surface area contributed by atoms with Crippen molar-refractivity contribution in [2.45, 2.75) is 12.3 Å². The standard InChI is InChI=1S/C19H16N2O2S/c22-18(15-10-11-23-16-9-5-4-8-14(15)16)21-19-17(20-12-24-19)13-6-2-1-3-7-13/h1-9,12,15H,10-11H2,(H,21,22)/t15-/m0/s1. The highest BCUT2D eigenvalue weighted by Crippen LogP contribution is 2.36. The van der Waals surface area contributed by atoms with E-state index in [0.29, 0.717) is 13.0 Å². The molecule has 0 unspecified atom stereocenters. The lowest BCUT2D eigenvalue weighted by Crippen LogP contribution is -2.26. The maximum Gasteiger partial charge on any atom is 0.232 e. The van der Waals surface area contributed by atoms with Crippen molar-refractivity contribution in [3.8, 4) is 17.0 Å². The number of fused-ring (bicyclic) bond motifs is 1. The molecule has 0 saturated heterocycles. The zero-order valence-electron chi connectivity index (χ0n) is 12.9. The average molecular weight is 336 g/mol. The Balaban J connectivity index is 1.60. The van der Waals surface area contributed by atoms with Gasteiger partial charge in [-0.25, -0.2) is 4.98 Å². The highest BCUT2D eigenvalue weighted by molar-refractivity contribution is 7.14. The van der Waals surface area contributed by atoms with Gasteiger partial charge in [0.15, 0.2) is 0 Å². The van der Waals surface area contributed by atoms with Gasteiger partial charge in [-0.05, 0) is 12.5 Å². The van der Waals surface area contributed by atoms with Gasteiger partial charge in [-0.3, -0.25) is 4.79 Å². The van der Waals surface area contributed by atoms with E-state index in [4.69, 9.17) is 4.74 Å². The fourth-order valence-corrected chi connectivity index (χ4v) is 3.66. The van der Waals surface area contributed by atoms with Crippen molar-refractivity contribution < 1.29 is 9.53 Å². The van der Waals surface area contributed by atoms with Gasteiger partial charge in [0.1, 0.15) is 16.4 Å². The number of thiazole rings is 1. The Hall–Kier alpha value is -2.66. The van der Waals surface area contributed by atoms with E-state index < -0.39 is 0 Å². The highest BCUT2D eigenvalue weighted by Gasteiger charge is 2.28. The average Bonchev–Trinajstić information content (AvgIpc) is 3.10. The summed E-state index contributed by atoms with van der Waals surface area (Å²) in [5.41, 5.74) is 4.53. The van der Waals surface area contributed by atoms with Crippen LogP contribution in [0.5, 0.6) is 5.75 Å². The number of nitrogens with zero attached hydrogens (tertiary/aromatic N) is 1. The number of carbonyl (C=O) groups excluding carboxylic acids is 1. The summed E-state index contributed by atoms with van der Waals surface area (Å²) in [5.74, 6) is 0.601. The number of nitrogens with one attached hydrogen (secondary N) is 1. The van der Waals surface area contributed by atoms with Crippen molar-refractivity contribution in [1.29, 1.82) is 0 Å². The fraction of sp³-hybridized carbons (Fsp3) is 0.158. The van der Waals surface area contributed by atoms with E-state index in [0.717, 1.165) is 27.6 Å². The van der Waals surface area contributed by atoms with Gasteiger partial charge >= 0.3 is 0 Å². The molecule has 4 rings (SSSR count). The molecule has 1 atom stereocenters. The smallest absolute Gasteiger partial charge is 0.232 e. The van der Waals surface area contributed by atoms with Crippen LogP contribution in [-0.4, -0.2) is 17.5 Å². The van der Waals surface area contributed by atoms with Crippen molar-refractivity contribution in [3.63, 3.8) is 0 Å². The summed E-state index contributed by atoms with van der Waals surface area (Å²) in [6, 6.07) is 17.6. The van der Waals surface area contributed by atoms with Crippen LogP contribution in [0.2, 0.25) is 0 Å². The van der Waals surface area contributed by atoms with Crippen LogP contribution in [0.1, 0.15) is 17.9 Å².